The third-order valence-electron chi connectivity index (χ3n) is 5.50. The fourth-order valence-electron chi connectivity index (χ4n) is 3.77. The molecule has 0 spiro atoms. The molecule has 2 aliphatic carbocycles. The number of amides is 3. The Morgan fingerprint density at radius 1 is 1.08 bits per heavy atom. The third kappa shape index (κ3) is 5.24. The van der Waals surface area contributed by atoms with Gasteiger partial charge in [0.15, 0.2) is 0 Å². The Morgan fingerprint density at radius 2 is 1.79 bits per heavy atom. The summed E-state index contributed by atoms with van der Waals surface area (Å²) >= 11 is 0. The van der Waals surface area contributed by atoms with Crippen molar-refractivity contribution in [3.05, 3.63) is 0 Å². The van der Waals surface area contributed by atoms with E-state index in [4.69, 9.17) is 5.73 Å². The highest BCUT2D eigenvalue weighted by Crippen LogP contribution is 2.31. The molecule has 3 rings (SSSR count). The van der Waals surface area contributed by atoms with Crippen molar-refractivity contribution in [2.24, 2.45) is 17.6 Å². The smallest absolute Gasteiger partial charge is 0.317 e. The second-order valence-corrected chi connectivity index (χ2v) is 7.46. The van der Waals surface area contributed by atoms with E-state index in [1.165, 1.54) is 25.7 Å². The van der Waals surface area contributed by atoms with Crippen molar-refractivity contribution in [1.29, 1.82) is 0 Å². The van der Waals surface area contributed by atoms with Gasteiger partial charge >= 0.3 is 6.03 Å². The highest BCUT2D eigenvalue weighted by molar-refractivity contribution is 5.85. The van der Waals surface area contributed by atoms with Crippen LogP contribution in [0.15, 0.2) is 0 Å². The van der Waals surface area contributed by atoms with Gasteiger partial charge < -0.3 is 21.3 Å². The number of hydrogen-bond donors (Lipinski definition) is 3. The second kappa shape index (κ2) is 8.90. The summed E-state index contributed by atoms with van der Waals surface area (Å²) in [6.07, 6.45) is 8.72. The molecule has 4 N–H and O–H groups in total. The first-order chi connectivity index (χ1) is 11.1. The first-order valence-corrected chi connectivity index (χ1v) is 9.22. The quantitative estimate of drug-likeness (QED) is 0.698. The van der Waals surface area contributed by atoms with Crippen LogP contribution in [0.2, 0.25) is 0 Å². The zero-order valence-electron chi connectivity index (χ0n) is 14.3. The molecule has 24 heavy (non-hydrogen) atoms. The number of halogens is 1. The van der Waals surface area contributed by atoms with Crippen LogP contribution in [0.25, 0.3) is 0 Å². The van der Waals surface area contributed by atoms with Crippen LogP contribution in [0, 0.1) is 11.8 Å². The Hall–Kier alpha value is -1.01. The number of carbonyl (C=O) groups excluding carboxylic acids is 2. The fraction of sp³-hybridized carbons (Fsp3) is 0.882. The predicted octanol–water partition coefficient (Wildman–Crippen LogP) is 1.63. The highest BCUT2D eigenvalue weighted by Gasteiger charge is 2.32. The summed E-state index contributed by atoms with van der Waals surface area (Å²) in [7, 11) is 0. The lowest BCUT2D eigenvalue weighted by molar-refractivity contribution is -0.126. The molecule has 0 aromatic carbocycles. The van der Waals surface area contributed by atoms with Crippen molar-refractivity contribution < 1.29 is 9.59 Å². The number of piperidine rings is 1. The summed E-state index contributed by atoms with van der Waals surface area (Å²) in [4.78, 5) is 26.5. The van der Waals surface area contributed by atoms with Gasteiger partial charge in [-0.05, 0) is 44.4 Å². The zero-order chi connectivity index (χ0) is 16.2. The minimum atomic E-state index is -0.0931. The Bertz CT molecular complexity index is 438. The summed E-state index contributed by atoms with van der Waals surface area (Å²) in [6.45, 7) is 1.85. The number of nitrogens with two attached hydrogens (primary N) is 1. The monoisotopic (exact) mass is 358 g/mol. The van der Waals surface area contributed by atoms with E-state index in [-0.39, 0.29) is 36.3 Å². The maximum Gasteiger partial charge on any atom is 0.317 e. The number of hydrogen-bond acceptors (Lipinski definition) is 3. The van der Waals surface area contributed by atoms with E-state index in [1.807, 2.05) is 4.90 Å². The summed E-state index contributed by atoms with van der Waals surface area (Å²) in [5, 5.41) is 6.10. The van der Waals surface area contributed by atoms with Crippen LogP contribution in [0.5, 0.6) is 0 Å². The van der Waals surface area contributed by atoms with Crippen LogP contribution in [-0.2, 0) is 4.79 Å². The Kier molecular flexibility index (Phi) is 7.16. The number of rotatable bonds is 5. The number of likely N-dealkylation sites (tertiary alicyclic amines) is 1. The van der Waals surface area contributed by atoms with Crippen LogP contribution in [0.3, 0.4) is 0 Å². The molecule has 2 unspecified atom stereocenters. The van der Waals surface area contributed by atoms with Crippen LogP contribution in [-0.4, -0.2) is 48.6 Å². The molecule has 1 aliphatic heterocycles. The van der Waals surface area contributed by atoms with Crippen LogP contribution < -0.4 is 16.4 Å². The fourth-order valence-corrected chi connectivity index (χ4v) is 3.77. The van der Waals surface area contributed by atoms with E-state index in [2.05, 4.69) is 10.6 Å². The SMILES string of the molecule is Cl.NC(CNC(=O)C1CCCN(C(=O)NC2CCCC2)C1)C1CC1. The van der Waals surface area contributed by atoms with Crippen molar-refractivity contribution in [3.63, 3.8) is 0 Å². The summed E-state index contributed by atoms with van der Waals surface area (Å²) in [6, 6.07) is 0.418. The topological polar surface area (TPSA) is 87.5 Å². The first kappa shape index (κ1) is 19.3. The molecule has 0 aromatic rings. The minimum absolute atomic E-state index is 0. The maximum atomic E-state index is 12.3. The average Bonchev–Trinajstić information content (AvgIpc) is 3.30. The Balaban J connectivity index is 0.00000208. The molecule has 3 aliphatic rings. The van der Waals surface area contributed by atoms with Gasteiger partial charge in [0.2, 0.25) is 5.91 Å². The Morgan fingerprint density at radius 3 is 2.46 bits per heavy atom. The molecule has 2 atom stereocenters. The first-order valence-electron chi connectivity index (χ1n) is 9.22. The van der Waals surface area contributed by atoms with Crippen molar-refractivity contribution in [2.75, 3.05) is 19.6 Å². The Labute approximate surface area is 150 Å². The van der Waals surface area contributed by atoms with Gasteiger partial charge in [0, 0.05) is 31.7 Å². The van der Waals surface area contributed by atoms with Crippen LogP contribution in [0.4, 0.5) is 4.79 Å². The lowest BCUT2D eigenvalue weighted by Crippen LogP contribution is -2.51. The molecule has 1 heterocycles. The molecule has 1 saturated heterocycles. The molecule has 0 radical (unpaired) electrons. The van der Waals surface area contributed by atoms with E-state index in [9.17, 15) is 9.59 Å². The lowest BCUT2D eigenvalue weighted by Gasteiger charge is -2.33. The van der Waals surface area contributed by atoms with E-state index in [0.717, 1.165) is 32.2 Å². The largest absolute Gasteiger partial charge is 0.354 e. The van der Waals surface area contributed by atoms with Gasteiger partial charge in [-0.2, -0.15) is 0 Å². The van der Waals surface area contributed by atoms with Gasteiger partial charge in [-0.3, -0.25) is 4.79 Å². The predicted molar refractivity (Wildman–Crippen MR) is 96.0 cm³/mol. The summed E-state index contributed by atoms with van der Waals surface area (Å²) < 4.78 is 0. The van der Waals surface area contributed by atoms with Gasteiger partial charge in [-0.25, -0.2) is 4.79 Å². The van der Waals surface area contributed by atoms with Gasteiger partial charge in [-0.1, -0.05) is 12.8 Å². The minimum Gasteiger partial charge on any atom is -0.354 e. The molecule has 3 amide bonds. The zero-order valence-corrected chi connectivity index (χ0v) is 15.2. The molecule has 3 fully saturated rings. The van der Waals surface area contributed by atoms with Gasteiger partial charge in [0.1, 0.15) is 0 Å². The van der Waals surface area contributed by atoms with Gasteiger partial charge in [0.25, 0.3) is 0 Å². The normalized spacial score (nSPS) is 25.7. The van der Waals surface area contributed by atoms with E-state index >= 15 is 0 Å². The van der Waals surface area contributed by atoms with E-state index < -0.39 is 0 Å². The number of carbonyl (C=O) groups is 2. The molecular weight excluding hydrogens is 328 g/mol. The average molecular weight is 359 g/mol. The second-order valence-electron chi connectivity index (χ2n) is 7.46. The molecule has 138 valence electrons. The number of nitrogens with zero attached hydrogens (tertiary/aromatic N) is 1. The molecular formula is C17H31ClN4O2. The number of nitrogens with one attached hydrogen (secondary N) is 2. The summed E-state index contributed by atoms with van der Waals surface area (Å²) in [5.41, 5.74) is 6.03. The molecule has 0 aromatic heterocycles. The van der Waals surface area contributed by atoms with Crippen molar-refractivity contribution in [3.8, 4) is 0 Å². The lowest BCUT2D eigenvalue weighted by atomic mass is 9.97. The third-order valence-corrected chi connectivity index (χ3v) is 5.50. The van der Waals surface area contributed by atoms with Crippen molar-refractivity contribution >= 4 is 24.3 Å². The maximum absolute atomic E-state index is 12.3. The standard InChI is InChI=1S/C17H30N4O2.ClH/c18-15(12-7-8-12)10-19-16(22)13-4-3-9-21(11-13)17(23)20-14-5-1-2-6-14;/h12-15H,1-11,18H2,(H,19,22)(H,20,23);1H. The highest BCUT2D eigenvalue weighted by atomic mass is 35.5. The van der Waals surface area contributed by atoms with Gasteiger partial charge in [-0.15, -0.1) is 12.4 Å². The molecule has 2 saturated carbocycles. The number of urea groups is 1. The van der Waals surface area contributed by atoms with Crippen LogP contribution in [0.1, 0.15) is 51.4 Å². The molecule has 7 heteroatoms. The van der Waals surface area contributed by atoms with Crippen LogP contribution >= 0.6 is 12.4 Å². The molecule has 6 nitrogen and oxygen atoms in total. The van der Waals surface area contributed by atoms with E-state index in [1.54, 1.807) is 0 Å². The van der Waals surface area contributed by atoms with Gasteiger partial charge in [0.05, 0.1) is 5.92 Å². The summed E-state index contributed by atoms with van der Waals surface area (Å²) in [5.74, 6) is 0.555. The van der Waals surface area contributed by atoms with E-state index in [0.29, 0.717) is 25.0 Å². The molecule has 0 bridgehead atoms. The van der Waals surface area contributed by atoms with Crippen molar-refractivity contribution in [1.82, 2.24) is 15.5 Å². The van der Waals surface area contributed by atoms with Crippen molar-refractivity contribution in [2.45, 2.75) is 63.5 Å².